The molecular formula is C12H13N5O3. The highest BCUT2D eigenvalue weighted by Crippen LogP contribution is 2.28. The number of nitrogens with zero attached hydrogens (tertiary/aromatic N) is 2. The summed E-state index contributed by atoms with van der Waals surface area (Å²) in [6.07, 6.45) is 3.06. The molecule has 0 aliphatic heterocycles. The van der Waals surface area contributed by atoms with E-state index in [2.05, 4.69) is 20.6 Å². The van der Waals surface area contributed by atoms with Gasteiger partial charge in [-0.05, 0) is 12.1 Å². The number of rotatable bonds is 5. The molecule has 3 N–H and O–H groups in total. The van der Waals surface area contributed by atoms with E-state index in [9.17, 15) is 14.9 Å². The largest absolute Gasteiger partial charge is 0.383 e. The number of hydrogen-bond donors (Lipinski definition) is 3. The fourth-order valence-electron chi connectivity index (χ4n) is 1.78. The summed E-state index contributed by atoms with van der Waals surface area (Å²) in [6, 6.07) is 4.55. The molecule has 0 fully saturated rings. The smallest absolute Gasteiger partial charge is 0.305 e. The van der Waals surface area contributed by atoms with Crippen molar-refractivity contribution < 1.29 is 9.72 Å². The molecule has 2 rings (SSSR count). The second-order valence-electron chi connectivity index (χ2n) is 3.97. The van der Waals surface area contributed by atoms with Gasteiger partial charge in [0.25, 0.3) is 5.91 Å². The van der Waals surface area contributed by atoms with Crippen LogP contribution in [0, 0.1) is 10.1 Å². The van der Waals surface area contributed by atoms with Crippen LogP contribution in [0.1, 0.15) is 16.1 Å². The van der Waals surface area contributed by atoms with Crippen LogP contribution in [0.2, 0.25) is 0 Å². The van der Waals surface area contributed by atoms with Gasteiger partial charge in [0, 0.05) is 13.2 Å². The third-order valence-corrected chi connectivity index (χ3v) is 2.73. The zero-order chi connectivity index (χ0) is 14.5. The highest BCUT2D eigenvalue weighted by Gasteiger charge is 2.23. The average molecular weight is 275 g/mol. The number of nitro benzene ring substituents is 1. The first-order valence-electron chi connectivity index (χ1n) is 5.84. The third kappa shape index (κ3) is 2.74. The molecule has 1 amide bonds. The van der Waals surface area contributed by atoms with Crippen LogP contribution in [-0.2, 0) is 6.54 Å². The van der Waals surface area contributed by atoms with Gasteiger partial charge in [0.15, 0.2) is 0 Å². The summed E-state index contributed by atoms with van der Waals surface area (Å²) in [4.78, 5) is 29.2. The molecule has 1 heterocycles. The Morgan fingerprint density at radius 2 is 2.30 bits per heavy atom. The zero-order valence-corrected chi connectivity index (χ0v) is 10.7. The molecule has 0 bridgehead atoms. The predicted octanol–water partition coefficient (Wildman–Crippen LogP) is 1.29. The summed E-state index contributed by atoms with van der Waals surface area (Å²) in [5.41, 5.74) is 0.786. The van der Waals surface area contributed by atoms with Crippen molar-refractivity contribution in [3.63, 3.8) is 0 Å². The van der Waals surface area contributed by atoms with Crippen molar-refractivity contribution in [2.75, 3.05) is 12.4 Å². The lowest BCUT2D eigenvalue weighted by molar-refractivity contribution is -0.384. The lowest BCUT2D eigenvalue weighted by atomic mass is 10.1. The molecule has 104 valence electrons. The van der Waals surface area contributed by atoms with Crippen molar-refractivity contribution >= 4 is 17.3 Å². The van der Waals surface area contributed by atoms with E-state index in [1.165, 1.54) is 12.4 Å². The number of imidazole rings is 1. The number of carbonyl (C=O) groups excluding carboxylic acids is 1. The predicted molar refractivity (Wildman–Crippen MR) is 72.4 cm³/mol. The van der Waals surface area contributed by atoms with Gasteiger partial charge in [-0.25, -0.2) is 4.98 Å². The van der Waals surface area contributed by atoms with Crippen molar-refractivity contribution in [1.82, 2.24) is 15.3 Å². The van der Waals surface area contributed by atoms with Gasteiger partial charge in [-0.3, -0.25) is 14.9 Å². The molecule has 0 aliphatic carbocycles. The summed E-state index contributed by atoms with van der Waals surface area (Å²) in [5, 5.41) is 16.4. The summed E-state index contributed by atoms with van der Waals surface area (Å²) in [5.74, 6) is -0.511. The lowest BCUT2D eigenvalue weighted by Gasteiger charge is -2.07. The van der Waals surface area contributed by atoms with E-state index >= 15 is 0 Å². The maximum absolute atomic E-state index is 12.1. The van der Waals surface area contributed by atoms with Gasteiger partial charge >= 0.3 is 5.69 Å². The number of benzene rings is 1. The van der Waals surface area contributed by atoms with Crippen LogP contribution in [0.5, 0.6) is 0 Å². The normalized spacial score (nSPS) is 10.1. The SMILES string of the molecule is CNc1cccc(C(=O)NCc2cnc[nH]2)c1[N+](=O)[O-]. The van der Waals surface area contributed by atoms with Crippen molar-refractivity contribution in [3.8, 4) is 0 Å². The Bertz CT molecular complexity index is 624. The number of nitrogens with one attached hydrogen (secondary N) is 3. The number of aromatic nitrogens is 2. The van der Waals surface area contributed by atoms with Gasteiger partial charge in [-0.1, -0.05) is 6.07 Å². The van der Waals surface area contributed by atoms with E-state index in [1.807, 2.05) is 0 Å². The van der Waals surface area contributed by atoms with Crippen LogP contribution < -0.4 is 10.6 Å². The fourth-order valence-corrected chi connectivity index (χ4v) is 1.78. The van der Waals surface area contributed by atoms with E-state index in [4.69, 9.17) is 0 Å². The second-order valence-corrected chi connectivity index (χ2v) is 3.97. The lowest BCUT2D eigenvalue weighted by Crippen LogP contribution is -2.24. The maximum Gasteiger partial charge on any atom is 0.305 e. The van der Waals surface area contributed by atoms with Crippen molar-refractivity contribution in [3.05, 3.63) is 52.1 Å². The monoisotopic (exact) mass is 275 g/mol. The second kappa shape index (κ2) is 5.83. The number of nitro groups is 1. The molecule has 2 aromatic rings. The van der Waals surface area contributed by atoms with Crippen molar-refractivity contribution in [2.24, 2.45) is 0 Å². The van der Waals surface area contributed by atoms with E-state index < -0.39 is 10.8 Å². The molecule has 1 aromatic carbocycles. The minimum Gasteiger partial charge on any atom is -0.383 e. The van der Waals surface area contributed by atoms with Crippen molar-refractivity contribution in [2.45, 2.75) is 6.54 Å². The minimum absolute atomic E-state index is 0.0152. The summed E-state index contributed by atoms with van der Waals surface area (Å²) in [6.45, 7) is 0.222. The average Bonchev–Trinajstić information content (AvgIpc) is 2.96. The van der Waals surface area contributed by atoms with Crippen LogP contribution in [0.15, 0.2) is 30.7 Å². The number of amides is 1. The standard InChI is InChI=1S/C12H13N5O3/c1-13-10-4-2-3-9(11(10)17(19)20)12(18)15-6-8-5-14-7-16-8/h2-5,7,13H,6H2,1H3,(H,14,16)(H,15,18). The summed E-state index contributed by atoms with van der Waals surface area (Å²) < 4.78 is 0. The number of aromatic amines is 1. The summed E-state index contributed by atoms with van der Waals surface area (Å²) in [7, 11) is 1.56. The van der Waals surface area contributed by atoms with Crippen LogP contribution >= 0.6 is 0 Å². The van der Waals surface area contributed by atoms with Crippen LogP contribution in [0.3, 0.4) is 0 Å². The fraction of sp³-hybridized carbons (Fsp3) is 0.167. The van der Waals surface area contributed by atoms with E-state index in [0.717, 1.165) is 0 Å². The Hall–Kier alpha value is -2.90. The molecular weight excluding hydrogens is 262 g/mol. The molecule has 8 nitrogen and oxygen atoms in total. The Kier molecular flexibility index (Phi) is 3.94. The molecule has 8 heteroatoms. The molecule has 1 aromatic heterocycles. The highest BCUT2D eigenvalue weighted by atomic mass is 16.6. The minimum atomic E-state index is -0.572. The Morgan fingerprint density at radius 3 is 2.90 bits per heavy atom. The molecule has 0 aliphatic rings. The molecule has 0 saturated heterocycles. The van der Waals surface area contributed by atoms with E-state index in [1.54, 1.807) is 25.4 Å². The maximum atomic E-state index is 12.1. The number of carbonyl (C=O) groups is 1. The first-order chi connectivity index (χ1) is 9.63. The van der Waals surface area contributed by atoms with Gasteiger partial charge < -0.3 is 15.6 Å². The number of H-pyrrole nitrogens is 1. The molecule has 0 atom stereocenters. The van der Waals surface area contributed by atoms with Crippen molar-refractivity contribution in [1.29, 1.82) is 0 Å². The molecule has 0 saturated carbocycles. The number of para-hydroxylation sites is 1. The van der Waals surface area contributed by atoms with Crippen LogP contribution in [0.25, 0.3) is 0 Å². The molecule has 0 spiro atoms. The molecule has 20 heavy (non-hydrogen) atoms. The third-order valence-electron chi connectivity index (χ3n) is 2.73. The van der Waals surface area contributed by atoms with Gasteiger partial charge in [0.05, 0.1) is 23.5 Å². The zero-order valence-electron chi connectivity index (χ0n) is 10.7. The Labute approximate surface area is 114 Å². The van der Waals surface area contributed by atoms with Gasteiger partial charge in [-0.2, -0.15) is 0 Å². The Balaban J connectivity index is 2.23. The van der Waals surface area contributed by atoms with E-state index in [-0.39, 0.29) is 17.8 Å². The highest BCUT2D eigenvalue weighted by molar-refractivity contribution is 6.00. The topological polar surface area (TPSA) is 113 Å². The van der Waals surface area contributed by atoms with Crippen LogP contribution in [-0.4, -0.2) is 27.8 Å². The van der Waals surface area contributed by atoms with E-state index in [0.29, 0.717) is 11.4 Å². The number of anilines is 1. The summed E-state index contributed by atoms with van der Waals surface area (Å²) >= 11 is 0. The van der Waals surface area contributed by atoms with Gasteiger partial charge in [-0.15, -0.1) is 0 Å². The first-order valence-corrected chi connectivity index (χ1v) is 5.84. The van der Waals surface area contributed by atoms with Crippen LogP contribution in [0.4, 0.5) is 11.4 Å². The molecule has 0 unspecified atom stereocenters. The van der Waals surface area contributed by atoms with Gasteiger partial charge in [0.1, 0.15) is 11.3 Å². The first kappa shape index (κ1) is 13.5. The number of hydrogen-bond acceptors (Lipinski definition) is 5. The van der Waals surface area contributed by atoms with Gasteiger partial charge in [0.2, 0.25) is 0 Å². The Morgan fingerprint density at radius 1 is 1.50 bits per heavy atom. The molecule has 0 radical (unpaired) electrons. The quantitative estimate of drug-likeness (QED) is 0.562.